The van der Waals surface area contributed by atoms with Crippen LogP contribution in [0.25, 0.3) is 0 Å². The Balaban J connectivity index is 2.25. The van der Waals surface area contributed by atoms with Crippen LogP contribution >= 0.6 is 11.6 Å². The third-order valence-corrected chi connectivity index (χ3v) is 2.84. The Hall–Kier alpha value is -1.22. The van der Waals surface area contributed by atoms with Gasteiger partial charge in [0.25, 0.3) is 0 Å². The predicted molar refractivity (Wildman–Crippen MR) is 59.8 cm³/mol. The van der Waals surface area contributed by atoms with Gasteiger partial charge in [-0.15, -0.1) is 0 Å². The van der Waals surface area contributed by atoms with Gasteiger partial charge in [0.15, 0.2) is 5.78 Å². The summed E-state index contributed by atoms with van der Waals surface area (Å²) in [7, 11) is 1.58. The van der Waals surface area contributed by atoms with Crippen molar-refractivity contribution >= 4 is 23.1 Å². The second kappa shape index (κ2) is 4.11. The molecule has 1 heterocycles. The van der Waals surface area contributed by atoms with Gasteiger partial charge < -0.3 is 9.64 Å². The maximum Gasteiger partial charge on any atom is 0.153 e. The summed E-state index contributed by atoms with van der Waals surface area (Å²) in [6, 6.07) is 5.56. The molecule has 1 fully saturated rings. The molecular weight excluding hydrogens is 214 g/mol. The summed E-state index contributed by atoms with van der Waals surface area (Å²) in [6.45, 7) is 1.27. The van der Waals surface area contributed by atoms with Crippen molar-refractivity contribution < 1.29 is 9.53 Å². The van der Waals surface area contributed by atoms with Gasteiger partial charge >= 0.3 is 0 Å². The van der Waals surface area contributed by atoms with E-state index in [9.17, 15) is 4.79 Å². The van der Waals surface area contributed by atoms with E-state index in [-0.39, 0.29) is 5.78 Å². The molecule has 3 nitrogen and oxygen atoms in total. The van der Waals surface area contributed by atoms with Crippen molar-refractivity contribution in [3.05, 3.63) is 23.2 Å². The number of hydrogen-bond acceptors (Lipinski definition) is 3. The van der Waals surface area contributed by atoms with E-state index in [2.05, 4.69) is 0 Å². The normalized spacial score (nSPS) is 15.9. The monoisotopic (exact) mass is 225 g/mol. The molecule has 0 radical (unpaired) electrons. The first-order valence-corrected chi connectivity index (χ1v) is 5.18. The van der Waals surface area contributed by atoms with Crippen LogP contribution in [0.2, 0.25) is 5.02 Å². The number of halogens is 1. The van der Waals surface area contributed by atoms with Gasteiger partial charge in [-0.05, 0) is 12.1 Å². The molecule has 0 aromatic heterocycles. The number of hydrogen-bond donors (Lipinski definition) is 0. The smallest absolute Gasteiger partial charge is 0.153 e. The van der Waals surface area contributed by atoms with E-state index >= 15 is 0 Å². The zero-order chi connectivity index (χ0) is 10.8. The number of ketones is 1. The van der Waals surface area contributed by atoms with Crippen molar-refractivity contribution in [2.24, 2.45) is 0 Å². The van der Waals surface area contributed by atoms with Crippen LogP contribution in [0.3, 0.4) is 0 Å². The number of carbonyl (C=O) groups excluding carboxylic acids is 1. The fourth-order valence-electron chi connectivity index (χ4n) is 1.70. The first-order chi connectivity index (χ1) is 7.20. The molecule has 80 valence electrons. The molecule has 0 amide bonds. The van der Waals surface area contributed by atoms with Gasteiger partial charge in [-0.2, -0.15) is 0 Å². The van der Waals surface area contributed by atoms with Crippen molar-refractivity contribution in [1.29, 1.82) is 0 Å². The number of ether oxygens (including phenoxy) is 1. The number of benzene rings is 1. The summed E-state index contributed by atoms with van der Waals surface area (Å²) in [4.78, 5) is 13.2. The van der Waals surface area contributed by atoms with Crippen LogP contribution in [-0.2, 0) is 4.79 Å². The van der Waals surface area contributed by atoms with E-state index < -0.39 is 0 Å². The van der Waals surface area contributed by atoms with Gasteiger partial charge in [-0.25, -0.2) is 0 Å². The third-order valence-electron chi connectivity index (χ3n) is 2.53. The molecule has 0 aliphatic carbocycles. The molecule has 0 unspecified atom stereocenters. The lowest BCUT2D eigenvalue weighted by Crippen LogP contribution is -2.19. The molecule has 0 bridgehead atoms. The number of carbonyl (C=O) groups is 1. The van der Waals surface area contributed by atoms with Crippen molar-refractivity contribution in [3.8, 4) is 5.75 Å². The second-order valence-electron chi connectivity index (χ2n) is 3.53. The molecular formula is C11H12ClNO2. The van der Waals surface area contributed by atoms with Crippen molar-refractivity contribution in [2.45, 2.75) is 6.42 Å². The molecule has 4 heteroatoms. The largest absolute Gasteiger partial charge is 0.495 e. The average Bonchev–Trinajstić information content (AvgIpc) is 2.66. The van der Waals surface area contributed by atoms with Gasteiger partial charge in [0.2, 0.25) is 0 Å². The second-order valence-corrected chi connectivity index (χ2v) is 3.94. The predicted octanol–water partition coefficient (Wildman–Crippen LogP) is 2.13. The summed E-state index contributed by atoms with van der Waals surface area (Å²) in [5, 5.41) is 0.590. The number of rotatable bonds is 2. The Kier molecular flexibility index (Phi) is 2.82. The minimum Gasteiger partial charge on any atom is -0.495 e. The number of nitrogens with zero attached hydrogens (tertiary/aromatic N) is 1. The minimum atomic E-state index is 0.281. The lowest BCUT2D eigenvalue weighted by molar-refractivity contribution is -0.116. The van der Waals surface area contributed by atoms with Gasteiger partial charge in [-0.1, -0.05) is 11.6 Å². The number of Topliss-reactive ketones (excluding diaryl/α,β-unsaturated/α-hetero) is 1. The van der Waals surface area contributed by atoms with Crippen LogP contribution in [-0.4, -0.2) is 26.0 Å². The first-order valence-electron chi connectivity index (χ1n) is 4.81. The van der Waals surface area contributed by atoms with E-state index in [1.54, 1.807) is 13.2 Å². The molecule has 0 atom stereocenters. The molecule has 0 spiro atoms. The Labute approximate surface area is 93.6 Å². The highest BCUT2D eigenvalue weighted by atomic mass is 35.5. The van der Waals surface area contributed by atoms with E-state index in [1.165, 1.54) is 0 Å². The Morgan fingerprint density at radius 3 is 2.87 bits per heavy atom. The lowest BCUT2D eigenvalue weighted by atomic mass is 10.3. The fraction of sp³-hybridized carbons (Fsp3) is 0.364. The molecule has 1 aliphatic rings. The zero-order valence-electron chi connectivity index (χ0n) is 8.50. The summed E-state index contributed by atoms with van der Waals surface area (Å²) < 4.78 is 5.13. The Morgan fingerprint density at radius 1 is 1.47 bits per heavy atom. The maximum atomic E-state index is 11.1. The van der Waals surface area contributed by atoms with Crippen molar-refractivity contribution in [1.82, 2.24) is 0 Å². The van der Waals surface area contributed by atoms with Gasteiger partial charge in [-0.3, -0.25) is 4.79 Å². The molecule has 2 rings (SSSR count). The van der Waals surface area contributed by atoms with E-state index in [4.69, 9.17) is 16.3 Å². The topological polar surface area (TPSA) is 29.5 Å². The summed E-state index contributed by atoms with van der Waals surface area (Å²) in [5.41, 5.74) is 0.988. The van der Waals surface area contributed by atoms with Crippen LogP contribution in [0, 0.1) is 0 Å². The third kappa shape index (κ3) is 2.07. The Bertz CT molecular complexity index is 392. The highest BCUT2D eigenvalue weighted by Gasteiger charge is 2.20. The average molecular weight is 226 g/mol. The van der Waals surface area contributed by atoms with E-state index in [0.717, 1.165) is 12.2 Å². The molecule has 0 saturated carbocycles. The SMILES string of the molecule is COc1cc(N2CCC(=O)C2)ccc1Cl. The lowest BCUT2D eigenvalue weighted by Gasteiger charge is -2.17. The standard InChI is InChI=1S/C11H12ClNO2/c1-15-11-6-8(2-3-10(11)12)13-5-4-9(14)7-13/h2-3,6H,4-5,7H2,1H3. The Morgan fingerprint density at radius 2 is 2.27 bits per heavy atom. The van der Waals surface area contributed by atoms with Crippen LogP contribution < -0.4 is 9.64 Å². The number of anilines is 1. The van der Waals surface area contributed by atoms with Gasteiger partial charge in [0.1, 0.15) is 5.75 Å². The molecule has 1 aliphatic heterocycles. The van der Waals surface area contributed by atoms with Crippen LogP contribution in [0.15, 0.2) is 18.2 Å². The van der Waals surface area contributed by atoms with Crippen LogP contribution in [0.1, 0.15) is 6.42 Å². The van der Waals surface area contributed by atoms with Crippen LogP contribution in [0.5, 0.6) is 5.75 Å². The highest BCUT2D eigenvalue weighted by molar-refractivity contribution is 6.32. The highest BCUT2D eigenvalue weighted by Crippen LogP contribution is 2.30. The first kappa shape index (κ1) is 10.3. The van der Waals surface area contributed by atoms with E-state index in [1.807, 2.05) is 17.0 Å². The fourth-order valence-corrected chi connectivity index (χ4v) is 1.89. The summed E-state index contributed by atoms with van der Waals surface area (Å²) in [5.74, 6) is 0.928. The number of methoxy groups -OCH3 is 1. The minimum absolute atomic E-state index is 0.281. The molecule has 15 heavy (non-hydrogen) atoms. The van der Waals surface area contributed by atoms with E-state index in [0.29, 0.717) is 23.7 Å². The van der Waals surface area contributed by atoms with Gasteiger partial charge in [0.05, 0.1) is 18.7 Å². The van der Waals surface area contributed by atoms with Crippen LogP contribution in [0.4, 0.5) is 5.69 Å². The molecule has 0 N–H and O–H groups in total. The summed E-state index contributed by atoms with van der Waals surface area (Å²) in [6.07, 6.45) is 0.630. The van der Waals surface area contributed by atoms with Gasteiger partial charge in [0, 0.05) is 24.7 Å². The summed E-state index contributed by atoms with van der Waals surface area (Å²) >= 11 is 5.92. The molecule has 1 aromatic carbocycles. The maximum absolute atomic E-state index is 11.1. The van der Waals surface area contributed by atoms with Crippen molar-refractivity contribution in [3.63, 3.8) is 0 Å². The molecule has 1 saturated heterocycles. The quantitative estimate of drug-likeness (QED) is 0.772. The zero-order valence-corrected chi connectivity index (χ0v) is 9.25. The molecule has 1 aromatic rings. The van der Waals surface area contributed by atoms with Crippen molar-refractivity contribution in [2.75, 3.05) is 25.1 Å².